The smallest absolute Gasteiger partial charge is 0.462 e. The second-order valence-electron chi connectivity index (χ2n) is 31.2. The molecule has 0 bridgehead atoms. The highest BCUT2D eigenvalue weighted by atomic mass is 31.2. The van der Waals surface area contributed by atoms with Gasteiger partial charge in [-0.15, -0.1) is 0 Å². The fourth-order valence-corrected chi connectivity index (χ4v) is 14.6. The molecular formula is C84H164O17P2. The molecule has 0 saturated carbocycles. The Kier molecular flexibility index (Phi) is 74.1. The van der Waals surface area contributed by atoms with Crippen LogP contribution in [0.1, 0.15) is 446 Å². The summed E-state index contributed by atoms with van der Waals surface area (Å²) in [4.78, 5) is 73.2. The highest BCUT2D eigenvalue weighted by Gasteiger charge is 2.30. The normalized spacial score (nSPS) is 13.9. The molecule has 3 N–H and O–H groups in total. The number of ether oxygens (including phenoxy) is 4. The summed E-state index contributed by atoms with van der Waals surface area (Å²) in [7, 11) is -9.92. The molecular weight excluding hydrogens is 1340 g/mol. The lowest BCUT2D eigenvalue weighted by molar-refractivity contribution is -0.161. The van der Waals surface area contributed by atoms with Gasteiger partial charge in [0.05, 0.1) is 26.4 Å². The lowest BCUT2D eigenvalue weighted by atomic mass is 10.0. The van der Waals surface area contributed by atoms with Gasteiger partial charge in [-0.25, -0.2) is 9.13 Å². The van der Waals surface area contributed by atoms with Gasteiger partial charge < -0.3 is 33.8 Å². The number of hydrogen-bond acceptors (Lipinski definition) is 15. The number of carbonyl (C=O) groups excluding carboxylic acids is 4. The third-order valence-electron chi connectivity index (χ3n) is 19.7. The minimum absolute atomic E-state index is 0.108. The number of unbranched alkanes of at least 4 members (excludes halogenated alkanes) is 53. The van der Waals surface area contributed by atoms with Gasteiger partial charge in [0.2, 0.25) is 0 Å². The molecule has 612 valence electrons. The fourth-order valence-electron chi connectivity index (χ4n) is 13.1. The van der Waals surface area contributed by atoms with E-state index in [-0.39, 0.29) is 25.7 Å². The molecule has 0 saturated heterocycles. The number of aliphatic hydroxyl groups excluding tert-OH is 1. The van der Waals surface area contributed by atoms with E-state index >= 15 is 0 Å². The molecule has 0 aromatic heterocycles. The van der Waals surface area contributed by atoms with E-state index in [2.05, 4.69) is 41.5 Å². The Morgan fingerprint density at radius 2 is 0.447 bits per heavy atom. The Morgan fingerprint density at radius 1 is 0.262 bits per heavy atom. The molecule has 2 unspecified atom stereocenters. The molecule has 0 amide bonds. The number of rotatable bonds is 83. The molecule has 0 rings (SSSR count). The average Bonchev–Trinajstić information content (AvgIpc) is 0.915. The van der Waals surface area contributed by atoms with Gasteiger partial charge in [-0.3, -0.25) is 37.3 Å². The van der Waals surface area contributed by atoms with Crippen molar-refractivity contribution in [2.75, 3.05) is 39.6 Å². The molecule has 0 heterocycles. The highest BCUT2D eigenvalue weighted by molar-refractivity contribution is 7.47. The van der Waals surface area contributed by atoms with Crippen LogP contribution >= 0.6 is 15.6 Å². The van der Waals surface area contributed by atoms with E-state index in [0.29, 0.717) is 25.7 Å². The fraction of sp³-hybridized carbons (Fsp3) is 0.952. The van der Waals surface area contributed by atoms with Crippen LogP contribution in [0.2, 0.25) is 0 Å². The summed E-state index contributed by atoms with van der Waals surface area (Å²) in [5.41, 5.74) is 0. The van der Waals surface area contributed by atoms with Crippen LogP contribution in [0, 0.1) is 11.8 Å². The van der Waals surface area contributed by atoms with Crippen LogP contribution in [0.25, 0.3) is 0 Å². The molecule has 5 atom stereocenters. The van der Waals surface area contributed by atoms with Crippen molar-refractivity contribution in [1.29, 1.82) is 0 Å². The van der Waals surface area contributed by atoms with Crippen molar-refractivity contribution in [3.8, 4) is 0 Å². The van der Waals surface area contributed by atoms with E-state index in [1.807, 2.05) is 0 Å². The van der Waals surface area contributed by atoms with Gasteiger partial charge in [0.1, 0.15) is 19.3 Å². The van der Waals surface area contributed by atoms with Crippen molar-refractivity contribution < 1.29 is 80.2 Å². The van der Waals surface area contributed by atoms with Crippen LogP contribution in [0.3, 0.4) is 0 Å². The Bertz CT molecular complexity index is 1980. The van der Waals surface area contributed by atoms with Crippen LogP contribution in [-0.4, -0.2) is 96.7 Å². The molecule has 0 aromatic carbocycles. The third kappa shape index (κ3) is 78.0. The van der Waals surface area contributed by atoms with Crippen LogP contribution in [0.15, 0.2) is 0 Å². The van der Waals surface area contributed by atoms with Gasteiger partial charge in [0.25, 0.3) is 0 Å². The highest BCUT2D eigenvalue weighted by Crippen LogP contribution is 2.45. The molecule has 0 aliphatic carbocycles. The van der Waals surface area contributed by atoms with E-state index in [9.17, 15) is 43.2 Å². The molecule has 0 aliphatic rings. The molecule has 17 nitrogen and oxygen atoms in total. The first kappa shape index (κ1) is 101. The van der Waals surface area contributed by atoms with Crippen LogP contribution in [-0.2, 0) is 65.4 Å². The maximum Gasteiger partial charge on any atom is 0.472 e. The van der Waals surface area contributed by atoms with Crippen molar-refractivity contribution >= 4 is 39.5 Å². The molecule has 0 fully saturated rings. The number of hydrogen-bond donors (Lipinski definition) is 3. The zero-order valence-corrected chi connectivity index (χ0v) is 69.4. The minimum Gasteiger partial charge on any atom is -0.462 e. The number of carbonyl (C=O) groups is 4. The predicted octanol–water partition coefficient (Wildman–Crippen LogP) is 25.5. The summed E-state index contributed by atoms with van der Waals surface area (Å²) in [6.07, 6.45) is 66.4. The molecule has 103 heavy (non-hydrogen) atoms. The molecule has 0 aliphatic heterocycles. The molecule has 0 spiro atoms. The van der Waals surface area contributed by atoms with Crippen molar-refractivity contribution in [2.45, 2.75) is 464 Å². The first-order valence-corrected chi connectivity index (χ1v) is 46.5. The van der Waals surface area contributed by atoms with Crippen molar-refractivity contribution in [2.24, 2.45) is 11.8 Å². The van der Waals surface area contributed by atoms with Gasteiger partial charge in [-0.1, -0.05) is 395 Å². The molecule has 19 heteroatoms. The summed E-state index contributed by atoms with van der Waals surface area (Å²) < 4.78 is 68.9. The molecule has 0 aromatic rings. The number of phosphoric ester groups is 2. The summed E-state index contributed by atoms with van der Waals surface area (Å²) in [6, 6.07) is 0. The molecule has 0 radical (unpaired) electrons. The summed E-state index contributed by atoms with van der Waals surface area (Å²) in [6.45, 7) is 9.72. The topological polar surface area (TPSA) is 237 Å². The monoisotopic (exact) mass is 1510 g/mol. The maximum atomic E-state index is 13.1. The quantitative estimate of drug-likeness (QED) is 0.0222. The number of esters is 4. The van der Waals surface area contributed by atoms with Crippen LogP contribution < -0.4 is 0 Å². The first-order chi connectivity index (χ1) is 49.9. The van der Waals surface area contributed by atoms with Crippen molar-refractivity contribution in [3.63, 3.8) is 0 Å². The van der Waals surface area contributed by atoms with Crippen LogP contribution in [0.4, 0.5) is 0 Å². The Hall–Kier alpha value is -1.94. The first-order valence-electron chi connectivity index (χ1n) is 43.5. The van der Waals surface area contributed by atoms with Gasteiger partial charge >= 0.3 is 39.5 Å². The summed E-state index contributed by atoms with van der Waals surface area (Å²) in [5, 5.41) is 10.7. The van der Waals surface area contributed by atoms with E-state index < -0.39 is 97.5 Å². The zero-order valence-electron chi connectivity index (χ0n) is 67.6. The maximum absolute atomic E-state index is 13.1. The van der Waals surface area contributed by atoms with E-state index in [4.69, 9.17) is 37.0 Å². The van der Waals surface area contributed by atoms with E-state index in [1.54, 1.807) is 0 Å². The van der Waals surface area contributed by atoms with Gasteiger partial charge in [0, 0.05) is 25.7 Å². The minimum atomic E-state index is -4.96. The summed E-state index contributed by atoms with van der Waals surface area (Å²) in [5.74, 6) is -0.486. The van der Waals surface area contributed by atoms with Crippen LogP contribution in [0.5, 0.6) is 0 Å². The predicted molar refractivity (Wildman–Crippen MR) is 423 cm³/mol. The average molecular weight is 1510 g/mol. The Balaban J connectivity index is 5.25. The number of aliphatic hydroxyl groups is 1. The summed E-state index contributed by atoms with van der Waals surface area (Å²) >= 11 is 0. The second-order valence-corrected chi connectivity index (χ2v) is 34.1. The van der Waals surface area contributed by atoms with E-state index in [0.717, 1.165) is 102 Å². The van der Waals surface area contributed by atoms with Gasteiger partial charge in [0.15, 0.2) is 12.2 Å². The SMILES string of the molecule is CCCCCCCCCCCCCCCCC(=O)O[C@H](COC(=O)CCCCCCCCCCCCCC)COP(=O)(O)OC[C@H](O)COP(=O)(O)OC[C@@H](COC(=O)CCCCCCCCCCCCCCCCCC(C)C)OC(=O)CCCCCCCCCCCCCCCCCCC(C)C. The van der Waals surface area contributed by atoms with Gasteiger partial charge in [-0.2, -0.15) is 0 Å². The largest absolute Gasteiger partial charge is 0.472 e. The lowest BCUT2D eigenvalue weighted by Gasteiger charge is -2.21. The standard InChI is InChI=1S/C84H164O17P2/c1-7-9-11-13-15-17-19-21-31-38-44-50-56-62-68-83(88)100-79(72-94-81(86)66-60-54-48-42-36-20-18-16-14-12-10-8-2)74-98-102(90,91)96-70-78(85)71-97-103(92,93)99-75-80(73-95-82(87)67-61-55-49-43-37-32-28-24-26-30-35-41-47-53-59-65-77(5)6)101-84(89)69-63-57-51-45-39-33-27-23-22-25-29-34-40-46-52-58-64-76(3)4/h76-80,85H,7-75H2,1-6H3,(H,90,91)(H,92,93)/t78-,79+,80+/m0/s1. The van der Waals surface area contributed by atoms with Crippen molar-refractivity contribution in [1.82, 2.24) is 0 Å². The van der Waals surface area contributed by atoms with Gasteiger partial charge in [-0.05, 0) is 37.5 Å². The Labute approximate surface area is 632 Å². The number of phosphoric acid groups is 2. The lowest BCUT2D eigenvalue weighted by Crippen LogP contribution is -2.30. The third-order valence-corrected chi connectivity index (χ3v) is 21.6. The second kappa shape index (κ2) is 75.5. The Morgan fingerprint density at radius 3 is 0.660 bits per heavy atom. The van der Waals surface area contributed by atoms with Crippen molar-refractivity contribution in [3.05, 3.63) is 0 Å². The van der Waals surface area contributed by atoms with E-state index in [1.165, 1.54) is 263 Å². The zero-order chi connectivity index (χ0) is 75.6.